The van der Waals surface area contributed by atoms with Gasteiger partial charge in [0.15, 0.2) is 18.1 Å². The van der Waals surface area contributed by atoms with Crippen LogP contribution in [0.2, 0.25) is 0 Å². The van der Waals surface area contributed by atoms with Gasteiger partial charge in [-0.15, -0.1) is 11.8 Å². The summed E-state index contributed by atoms with van der Waals surface area (Å²) in [4.78, 5) is 18.1. The van der Waals surface area contributed by atoms with Crippen molar-refractivity contribution in [2.45, 2.75) is 11.4 Å². The molecular weight excluding hydrogens is 416 g/mol. The summed E-state index contributed by atoms with van der Waals surface area (Å²) in [6.45, 7) is 3.95. The van der Waals surface area contributed by atoms with Crippen LogP contribution >= 0.6 is 11.8 Å². The number of benzene rings is 2. The Hall–Kier alpha value is -2.58. The highest BCUT2D eigenvalue weighted by Crippen LogP contribution is 2.40. The summed E-state index contributed by atoms with van der Waals surface area (Å²) in [5, 5.41) is 0. The van der Waals surface area contributed by atoms with Gasteiger partial charge in [0.25, 0.3) is 5.91 Å². The lowest BCUT2D eigenvalue weighted by Gasteiger charge is -2.34. The minimum absolute atomic E-state index is 0.0299. The number of rotatable bonds is 9. The van der Waals surface area contributed by atoms with Crippen molar-refractivity contribution in [1.29, 1.82) is 0 Å². The molecule has 0 aromatic heterocycles. The maximum atomic E-state index is 12.6. The van der Waals surface area contributed by atoms with Crippen LogP contribution < -0.4 is 18.9 Å². The van der Waals surface area contributed by atoms with E-state index in [9.17, 15) is 4.79 Å². The molecule has 1 aliphatic rings. The molecule has 0 spiro atoms. The highest BCUT2D eigenvalue weighted by atomic mass is 32.2. The van der Waals surface area contributed by atoms with Crippen molar-refractivity contribution in [3.05, 3.63) is 42.0 Å². The maximum absolute atomic E-state index is 12.6. The Bertz CT molecular complexity index is 842. The maximum Gasteiger partial charge on any atom is 0.260 e. The van der Waals surface area contributed by atoms with Gasteiger partial charge in [-0.05, 0) is 24.0 Å². The van der Waals surface area contributed by atoms with E-state index in [1.54, 1.807) is 45.2 Å². The summed E-state index contributed by atoms with van der Waals surface area (Å²) < 4.78 is 21.7. The van der Waals surface area contributed by atoms with Gasteiger partial charge in [0.2, 0.25) is 5.75 Å². The van der Waals surface area contributed by atoms with Crippen LogP contribution in [0.25, 0.3) is 0 Å². The summed E-state index contributed by atoms with van der Waals surface area (Å²) in [5.41, 5.74) is 1.29. The van der Waals surface area contributed by atoms with Crippen LogP contribution in [0.3, 0.4) is 0 Å². The number of ether oxygens (including phenoxy) is 4. The summed E-state index contributed by atoms with van der Waals surface area (Å²) in [6.07, 6.45) is 2.08. The van der Waals surface area contributed by atoms with E-state index in [-0.39, 0.29) is 12.5 Å². The fourth-order valence-corrected chi connectivity index (χ4v) is 3.93. The second kappa shape index (κ2) is 11.2. The Balaban J connectivity index is 1.50. The monoisotopic (exact) mass is 446 g/mol. The first-order valence-electron chi connectivity index (χ1n) is 10.1. The van der Waals surface area contributed by atoms with Gasteiger partial charge in [0.1, 0.15) is 5.75 Å². The number of hydrogen-bond donors (Lipinski definition) is 0. The number of carbonyl (C=O) groups is 1. The minimum Gasteiger partial charge on any atom is -0.493 e. The average Bonchev–Trinajstić information content (AvgIpc) is 2.82. The van der Waals surface area contributed by atoms with Gasteiger partial charge in [-0.1, -0.05) is 12.1 Å². The van der Waals surface area contributed by atoms with Crippen molar-refractivity contribution in [1.82, 2.24) is 9.80 Å². The normalized spacial score (nSPS) is 14.3. The number of amides is 1. The van der Waals surface area contributed by atoms with E-state index >= 15 is 0 Å². The van der Waals surface area contributed by atoms with Crippen LogP contribution in [0.15, 0.2) is 41.3 Å². The molecule has 0 bridgehead atoms. The molecule has 0 N–H and O–H groups in total. The fraction of sp³-hybridized carbons (Fsp3) is 0.435. The molecule has 2 aromatic carbocycles. The zero-order valence-electron chi connectivity index (χ0n) is 18.6. The molecule has 1 amide bonds. The van der Waals surface area contributed by atoms with Gasteiger partial charge in [-0.25, -0.2) is 0 Å². The molecule has 0 aliphatic carbocycles. The van der Waals surface area contributed by atoms with Gasteiger partial charge in [-0.2, -0.15) is 0 Å². The Morgan fingerprint density at radius 3 is 2.06 bits per heavy atom. The zero-order chi connectivity index (χ0) is 22.2. The van der Waals surface area contributed by atoms with Gasteiger partial charge < -0.3 is 23.8 Å². The van der Waals surface area contributed by atoms with Gasteiger partial charge >= 0.3 is 0 Å². The fourth-order valence-electron chi connectivity index (χ4n) is 3.52. The van der Waals surface area contributed by atoms with Crippen LogP contribution in [0.5, 0.6) is 23.0 Å². The molecule has 31 heavy (non-hydrogen) atoms. The Labute approximate surface area is 188 Å². The van der Waals surface area contributed by atoms with Crippen molar-refractivity contribution in [2.75, 3.05) is 60.4 Å². The molecule has 0 unspecified atom stereocenters. The Kier molecular flexibility index (Phi) is 8.31. The van der Waals surface area contributed by atoms with Crippen LogP contribution in [-0.4, -0.2) is 76.1 Å². The predicted molar refractivity (Wildman–Crippen MR) is 122 cm³/mol. The topological polar surface area (TPSA) is 60.5 Å². The van der Waals surface area contributed by atoms with E-state index < -0.39 is 0 Å². The molecule has 168 valence electrons. The number of piperazine rings is 1. The van der Waals surface area contributed by atoms with Crippen molar-refractivity contribution in [2.24, 2.45) is 0 Å². The van der Waals surface area contributed by atoms with E-state index in [4.69, 9.17) is 18.9 Å². The van der Waals surface area contributed by atoms with Crippen LogP contribution in [0.4, 0.5) is 0 Å². The van der Waals surface area contributed by atoms with E-state index in [2.05, 4.69) is 35.4 Å². The summed E-state index contributed by atoms with van der Waals surface area (Å²) in [6, 6.07) is 12.0. The molecule has 1 fully saturated rings. The third kappa shape index (κ3) is 5.98. The quantitative estimate of drug-likeness (QED) is 0.549. The SMILES string of the molecule is COc1cc(OCC(=O)N2CCN(Cc3ccc(SC)cc3)CC2)cc(OC)c1OC. The van der Waals surface area contributed by atoms with Gasteiger partial charge in [0, 0.05) is 49.8 Å². The van der Waals surface area contributed by atoms with Crippen molar-refractivity contribution < 1.29 is 23.7 Å². The lowest BCUT2D eigenvalue weighted by atomic mass is 10.2. The van der Waals surface area contributed by atoms with Crippen molar-refractivity contribution in [3.8, 4) is 23.0 Å². The second-order valence-corrected chi connectivity index (χ2v) is 8.03. The van der Waals surface area contributed by atoms with E-state index in [0.717, 1.165) is 19.6 Å². The number of hydrogen-bond acceptors (Lipinski definition) is 7. The molecule has 1 aliphatic heterocycles. The number of carbonyl (C=O) groups excluding carboxylic acids is 1. The lowest BCUT2D eigenvalue weighted by molar-refractivity contribution is -0.135. The molecular formula is C23H30N2O5S. The zero-order valence-corrected chi connectivity index (χ0v) is 19.4. The first kappa shape index (κ1) is 23.1. The van der Waals surface area contributed by atoms with E-state index in [1.807, 2.05) is 4.90 Å². The molecule has 2 aromatic rings. The highest BCUT2D eigenvalue weighted by Gasteiger charge is 2.22. The first-order chi connectivity index (χ1) is 15.1. The van der Waals surface area contributed by atoms with Crippen molar-refractivity contribution in [3.63, 3.8) is 0 Å². The highest BCUT2D eigenvalue weighted by molar-refractivity contribution is 7.98. The second-order valence-electron chi connectivity index (χ2n) is 7.15. The smallest absolute Gasteiger partial charge is 0.260 e. The summed E-state index contributed by atoms with van der Waals surface area (Å²) >= 11 is 1.75. The first-order valence-corrected chi connectivity index (χ1v) is 11.4. The Morgan fingerprint density at radius 1 is 0.935 bits per heavy atom. The molecule has 1 saturated heterocycles. The number of methoxy groups -OCH3 is 3. The largest absolute Gasteiger partial charge is 0.493 e. The number of nitrogens with zero attached hydrogens (tertiary/aromatic N) is 2. The molecule has 3 rings (SSSR count). The lowest BCUT2D eigenvalue weighted by Crippen LogP contribution is -2.49. The van der Waals surface area contributed by atoms with Gasteiger partial charge in [0.05, 0.1) is 21.3 Å². The summed E-state index contributed by atoms with van der Waals surface area (Å²) in [5.74, 6) is 1.93. The molecule has 0 radical (unpaired) electrons. The minimum atomic E-state index is -0.0330. The third-order valence-electron chi connectivity index (χ3n) is 5.29. The molecule has 0 atom stereocenters. The van der Waals surface area contributed by atoms with E-state index in [1.165, 1.54) is 10.5 Å². The number of thioether (sulfide) groups is 1. The Morgan fingerprint density at radius 2 is 1.55 bits per heavy atom. The predicted octanol–water partition coefficient (Wildman–Crippen LogP) is 3.16. The molecule has 7 nitrogen and oxygen atoms in total. The van der Waals surface area contributed by atoms with Crippen LogP contribution in [-0.2, 0) is 11.3 Å². The van der Waals surface area contributed by atoms with Crippen LogP contribution in [0, 0.1) is 0 Å². The van der Waals surface area contributed by atoms with Crippen LogP contribution in [0.1, 0.15) is 5.56 Å². The van der Waals surface area contributed by atoms with Crippen molar-refractivity contribution >= 4 is 17.7 Å². The molecule has 0 saturated carbocycles. The average molecular weight is 447 g/mol. The molecule has 8 heteroatoms. The standard InChI is InChI=1S/C23H30N2O5S/c1-27-20-13-18(14-21(28-2)23(20)29-3)30-16-22(26)25-11-9-24(10-12-25)15-17-5-7-19(31-4)8-6-17/h5-8,13-14H,9-12,15-16H2,1-4H3. The third-order valence-corrected chi connectivity index (χ3v) is 6.03. The molecule has 1 heterocycles. The van der Waals surface area contributed by atoms with E-state index in [0.29, 0.717) is 36.1 Å². The summed E-state index contributed by atoms with van der Waals surface area (Å²) in [7, 11) is 4.63. The van der Waals surface area contributed by atoms with Gasteiger partial charge in [-0.3, -0.25) is 9.69 Å².